The number of anilines is 1. The summed E-state index contributed by atoms with van der Waals surface area (Å²) in [6.45, 7) is 5.49. The van der Waals surface area contributed by atoms with Gasteiger partial charge in [-0.1, -0.05) is 6.92 Å². The largest absolute Gasteiger partial charge is 0.355 e. The summed E-state index contributed by atoms with van der Waals surface area (Å²) in [5.74, 6) is 0.644. The van der Waals surface area contributed by atoms with Gasteiger partial charge in [-0.05, 0) is 43.5 Å². The van der Waals surface area contributed by atoms with E-state index in [1.54, 1.807) is 0 Å². The molecule has 2 amide bonds. The van der Waals surface area contributed by atoms with E-state index in [-0.39, 0.29) is 17.7 Å². The Morgan fingerprint density at radius 1 is 1.30 bits per heavy atom. The first-order valence-electron chi connectivity index (χ1n) is 8.25. The van der Waals surface area contributed by atoms with Crippen molar-refractivity contribution in [3.8, 4) is 0 Å². The van der Waals surface area contributed by atoms with Gasteiger partial charge >= 0.3 is 0 Å². The summed E-state index contributed by atoms with van der Waals surface area (Å²) in [5, 5.41) is 6.83. The van der Waals surface area contributed by atoms with Crippen LogP contribution in [-0.2, 0) is 16.1 Å². The Balaban J connectivity index is 1.50. The van der Waals surface area contributed by atoms with Crippen LogP contribution in [0, 0.1) is 11.8 Å². The van der Waals surface area contributed by atoms with Crippen LogP contribution >= 0.6 is 0 Å². The molecular weight excluding hydrogens is 290 g/mol. The summed E-state index contributed by atoms with van der Waals surface area (Å²) < 4.78 is 2.16. The predicted molar refractivity (Wildman–Crippen MR) is 91.1 cm³/mol. The average Bonchev–Trinajstić information content (AvgIpc) is 3.12. The predicted octanol–water partition coefficient (Wildman–Crippen LogP) is 2.76. The third kappa shape index (κ3) is 3.55. The molecule has 0 bridgehead atoms. The molecule has 5 heteroatoms. The van der Waals surface area contributed by atoms with Crippen molar-refractivity contribution in [1.82, 2.24) is 9.88 Å². The van der Waals surface area contributed by atoms with Crippen LogP contribution in [0.15, 0.2) is 30.5 Å². The van der Waals surface area contributed by atoms with Gasteiger partial charge in [-0.25, -0.2) is 0 Å². The molecule has 5 nitrogen and oxygen atoms in total. The van der Waals surface area contributed by atoms with Crippen LogP contribution in [0.25, 0.3) is 10.9 Å². The number of hydrogen-bond donors (Lipinski definition) is 2. The fourth-order valence-corrected chi connectivity index (χ4v) is 2.89. The van der Waals surface area contributed by atoms with Crippen molar-refractivity contribution < 1.29 is 9.59 Å². The number of carbonyl (C=O) groups is 2. The lowest BCUT2D eigenvalue weighted by molar-refractivity contribution is -0.122. The van der Waals surface area contributed by atoms with Crippen LogP contribution in [0.5, 0.6) is 0 Å². The summed E-state index contributed by atoms with van der Waals surface area (Å²) in [7, 11) is 0. The summed E-state index contributed by atoms with van der Waals surface area (Å²) in [5.41, 5.74) is 1.95. The zero-order valence-electron chi connectivity index (χ0n) is 13.6. The first-order valence-corrected chi connectivity index (χ1v) is 8.25. The molecule has 1 saturated carbocycles. The van der Waals surface area contributed by atoms with E-state index in [1.165, 1.54) is 0 Å². The minimum absolute atomic E-state index is 0.0765. The zero-order chi connectivity index (χ0) is 16.4. The number of aromatic nitrogens is 1. The van der Waals surface area contributed by atoms with Crippen molar-refractivity contribution in [2.45, 2.75) is 33.2 Å². The number of hydrogen-bond acceptors (Lipinski definition) is 2. The Labute approximate surface area is 136 Å². The first kappa shape index (κ1) is 15.6. The molecule has 122 valence electrons. The van der Waals surface area contributed by atoms with Gasteiger partial charge in [0.1, 0.15) is 0 Å². The smallest absolute Gasteiger partial charge is 0.226 e. The van der Waals surface area contributed by atoms with Crippen molar-refractivity contribution in [3.63, 3.8) is 0 Å². The molecule has 3 rings (SSSR count). The second-order valence-electron chi connectivity index (χ2n) is 6.28. The number of fused-ring (bicyclic) bond motifs is 1. The minimum Gasteiger partial charge on any atom is -0.355 e. The highest BCUT2D eigenvalue weighted by atomic mass is 16.2. The van der Waals surface area contributed by atoms with E-state index in [0.717, 1.165) is 29.6 Å². The first-order chi connectivity index (χ1) is 11.1. The van der Waals surface area contributed by atoms with Crippen molar-refractivity contribution in [2.24, 2.45) is 11.8 Å². The summed E-state index contributed by atoms with van der Waals surface area (Å²) >= 11 is 0. The number of amides is 2. The lowest BCUT2D eigenvalue weighted by atomic mass is 10.2. The van der Waals surface area contributed by atoms with Gasteiger partial charge in [-0.2, -0.15) is 0 Å². The van der Waals surface area contributed by atoms with Crippen molar-refractivity contribution in [1.29, 1.82) is 0 Å². The molecule has 1 fully saturated rings. The SMILES string of the molecule is CCn1ccc2cc(NC(=O)CCNC(=O)C3CC3C)ccc21. The van der Waals surface area contributed by atoms with Crippen molar-refractivity contribution in [2.75, 3.05) is 11.9 Å². The van der Waals surface area contributed by atoms with Crippen LogP contribution in [0.3, 0.4) is 0 Å². The summed E-state index contributed by atoms with van der Waals surface area (Å²) in [6.07, 6.45) is 3.31. The van der Waals surface area contributed by atoms with E-state index in [0.29, 0.717) is 18.9 Å². The van der Waals surface area contributed by atoms with E-state index < -0.39 is 0 Å². The summed E-state index contributed by atoms with van der Waals surface area (Å²) in [4.78, 5) is 23.7. The molecule has 0 spiro atoms. The molecule has 2 N–H and O–H groups in total. The van der Waals surface area contributed by atoms with Crippen LogP contribution in [-0.4, -0.2) is 22.9 Å². The van der Waals surface area contributed by atoms with E-state index >= 15 is 0 Å². The Morgan fingerprint density at radius 2 is 2.09 bits per heavy atom. The monoisotopic (exact) mass is 313 g/mol. The maximum Gasteiger partial charge on any atom is 0.226 e. The fourth-order valence-electron chi connectivity index (χ4n) is 2.89. The Morgan fingerprint density at radius 3 is 2.78 bits per heavy atom. The van der Waals surface area contributed by atoms with Gasteiger partial charge in [-0.15, -0.1) is 0 Å². The van der Waals surface area contributed by atoms with Crippen LogP contribution in [0.4, 0.5) is 5.69 Å². The number of aryl methyl sites for hydroxylation is 1. The number of carbonyl (C=O) groups excluding carboxylic acids is 2. The Hall–Kier alpha value is -2.30. The molecule has 0 radical (unpaired) electrons. The maximum atomic E-state index is 12.0. The molecule has 1 heterocycles. The molecule has 2 unspecified atom stereocenters. The fraction of sp³-hybridized carbons (Fsp3) is 0.444. The maximum absolute atomic E-state index is 12.0. The van der Waals surface area contributed by atoms with Crippen molar-refractivity contribution in [3.05, 3.63) is 30.5 Å². The standard InChI is InChI=1S/C18H23N3O2/c1-3-21-9-7-13-11-14(4-5-16(13)21)20-17(22)6-8-19-18(23)15-10-12(15)2/h4-5,7,9,11-12,15H,3,6,8,10H2,1-2H3,(H,19,23)(H,20,22). The van der Waals surface area contributed by atoms with Crippen LogP contribution < -0.4 is 10.6 Å². The molecule has 0 saturated heterocycles. The third-order valence-corrected chi connectivity index (χ3v) is 4.49. The average molecular weight is 313 g/mol. The molecule has 0 aliphatic heterocycles. The molecule has 1 aromatic carbocycles. The summed E-state index contributed by atoms with van der Waals surface area (Å²) in [6, 6.07) is 7.96. The van der Waals surface area contributed by atoms with Gasteiger partial charge in [0.25, 0.3) is 0 Å². The molecule has 23 heavy (non-hydrogen) atoms. The third-order valence-electron chi connectivity index (χ3n) is 4.49. The topological polar surface area (TPSA) is 63.1 Å². The van der Waals surface area contributed by atoms with E-state index in [2.05, 4.69) is 29.0 Å². The second kappa shape index (κ2) is 6.44. The number of rotatable bonds is 6. The number of nitrogens with one attached hydrogen (secondary N) is 2. The van der Waals surface area contributed by atoms with Crippen molar-refractivity contribution >= 4 is 28.4 Å². The molecule has 1 aliphatic rings. The van der Waals surface area contributed by atoms with Gasteiger partial charge in [0.2, 0.25) is 11.8 Å². The van der Waals surface area contributed by atoms with Gasteiger partial charge in [0.15, 0.2) is 0 Å². The quantitative estimate of drug-likeness (QED) is 0.861. The van der Waals surface area contributed by atoms with Gasteiger partial charge in [-0.3, -0.25) is 9.59 Å². The van der Waals surface area contributed by atoms with Gasteiger partial charge in [0.05, 0.1) is 0 Å². The highest BCUT2D eigenvalue weighted by Gasteiger charge is 2.38. The Kier molecular flexibility index (Phi) is 4.37. The number of nitrogens with zero attached hydrogens (tertiary/aromatic N) is 1. The molecule has 1 aliphatic carbocycles. The van der Waals surface area contributed by atoms with E-state index in [1.807, 2.05) is 30.5 Å². The van der Waals surface area contributed by atoms with Gasteiger partial charge in [0, 0.05) is 48.2 Å². The molecule has 2 aromatic rings. The normalized spacial score (nSPS) is 19.6. The van der Waals surface area contributed by atoms with Crippen LogP contribution in [0.1, 0.15) is 26.7 Å². The van der Waals surface area contributed by atoms with E-state index in [9.17, 15) is 9.59 Å². The van der Waals surface area contributed by atoms with Crippen LogP contribution in [0.2, 0.25) is 0 Å². The lowest BCUT2D eigenvalue weighted by Gasteiger charge is -2.07. The molecular formula is C18H23N3O2. The van der Waals surface area contributed by atoms with E-state index in [4.69, 9.17) is 0 Å². The molecule has 1 aromatic heterocycles. The second-order valence-corrected chi connectivity index (χ2v) is 6.28. The highest BCUT2D eigenvalue weighted by molar-refractivity contribution is 5.94. The zero-order valence-corrected chi connectivity index (χ0v) is 13.6. The highest BCUT2D eigenvalue weighted by Crippen LogP contribution is 2.37. The van der Waals surface area contributed by atoms with Gasteiger partial charge < -0.3 is 15.2 Å². The minimum atomic E-state index is -0.0802. The lowest BCUT2D eigenvalue weighted by Crippen LogP contribution is -2.29. The molecule has 2 atom stereocenters. The Bertz CT molecular complexity index is 735. The number of benzene rings is 1.